The van der Waals surface area contributed by atoms with E-state index >= 15 is 0 Å². The first-order valence-corrected chi connectivity index (χ1v) is 6.95. The minimum absolute atomic E-state index is 0.315. The van der Waals surface area contributed by atoms with E-state index in [9.17, 15) is 0 Å². The molecule has 0 bridgehead atoms. The Balaban J connectivity index is 2.02. The Hall–Kier alpha value is -1.67. The summed E-state index contributed by atoms with van der Waals surface area (Å²) in [7, 11) is 3.68. The first kappa shape index (κ1) is 14.7. The summed E-state index contributed by atoms with van der Waals surface area (Å²) in [6.07, 6.45) is 1.01. The van der Waals surface area contributed by atoms with Crippen molar-refractivity contribution in [2.24, 2.45) is 0 Å². The summed E-state index contributed by atoms with van der Waals surface area (Å²) < 4.78 is 5.11. The summed E-state index contributed by atoms with van der Waals surface area (Å²) in [4.78, 5) is 15.0. The molecule has 0 aliphatic carbocycles. The minimum atomic E-state index is 0.315. The van der Waals surface area contributed by atoms with Gasteiger partial charge in [-0.1, -0.05) is 6.92 Å². The van der Waals surface area contributed by atoms with Crippen LogP contribution in [-0.4, -0.2) is 71.7 Å². The lowest BCUT2D eigenvalue weighted by Crippen LogP contribution is -2.47. The number of nitrogens with zero attached hydrogens (tertiary/aromatic N) is 5. The molecule has 0 saturated carbocycles. The van der Waals surface area contributed by atoms with Crippen LogP contribution in [0.25, 0.3) is 0 Å². The third-order valence-corrected chi connectivity index (χ3v) is 3.09. The van der Waals surface area contributed by atoms with Crippen molar-refractivity contribution < 1.29 is 4.74 Å². The van der Waals surface area contributed by atoms with Gasteiger partial charge in [0.2, 0.25) is 11.9 Å². The van der Waals surface area contributed by atoms with E-state index in [1.165, 1.54) is 0 Å². The van der Waals surface area contributed by atoms with Gasteiger partial charge in [0, 0.05) is 32.7 Å². The predicted molar refractivity (Wildman–Crippen MR) is 77.9 cm³/mol. The molecule has 0 unspecified atom stereocenters. The van der Waals surface area contributed by atoms with Crippen LogP contribution in [0, 0.1) is 0 Å². The Kier molecular flexibility index (Phi) is 5.31. The lowest BCUT2D eigenvalue weighted by atomic mass is 10.4. The standard InChI is InChI=1S/C12H23N7O/c1-4-5-13-10-14-11(16-12(15-10)20-3)17-19-8-6-18(2)7-9-19/h4-9H2,1-3H3,(H2,13,14,15,16,17). The molecular formula is C12H23N7O. The van der Waals surface area contributed by atoms with Crippen molar-refractivity contribution in [3.05, 3.63) is 0 Å². The fourth-order valence-electron chi connectivity index (χ4n) is 1.87. The SMILES string of the molecule is CCCNc1nc(NN2CCN(C)CC2)nc(OC)n1. The molecule has 1 aromatic heterocycles. The second-order valence-corrected chi connectivity index (χ2v) is 4.80. The molecule has 1 fully saturated rings. The van der Waals surface area contributed by atoms with Gasteiger partial charge in [0.1, 0.15) is 0 Å². The van der Waals surface area contributed by atoms with Gasteiger partial charge in [0.05, 0.1) is 7.11 Å². The molecule has 8 heteroatoms. The van der Waals surface area contributed by atoms with Crippen LogP contribution in [0.3, 0.4) is 0 Å². The van der Waals surface area contributed by atoms with E-state index in [0.29, 0.717) is 17.9 Å². The van der Waals surface area contributed by atoms with Gasteiger partial charge < -0.3 is 15.0 Å². The number of rotatable bonds is 6. The number of aromatic nitrogens is 3. The normalized spacial score (nSPS) is 16.9. The molecule has 2 rings (SSSR count). The summed E-state index contributed by atoms with van der Waals surface area (Å²) >= 11 is 0. The first-order valence-electron chi connectivity index (χ1n) is 6.95. The highest BCUT2D eigenvalue weighted by molar-refractivity contribution is 5.35. The highest BCUT2D eigenvalue weighted by Gasteiger charge is 2.15. The molecule has 20 heavy (non-hydrogen) atoms. The van der Waals surface area contributed by atoms with Gasteiger partial charge in [0.25, 0.3) is 0 Å². The van der Waals surface area contributed by atoms with Crippen molar-refractivity contribution in [2.45, 2.75) is 13.3 Å². The summed E-state index contributed by atoms with van der Waals surface area (Å²) in [5.41, 5.74) is 3.22. The summed E-state index contributed by atoms with van der Waals surface area (Å²) in [6.45, 7) is 6.83. The molecule has 0 radical (unpaired) electrons. The van der Waals surface area contributed by atoms with E-state index in [1.807, 2.05) is 0 Å². The first-order chi connectivity index (χ1) is 9.71. The van der Waals surface area contributed by atoms with Crippen molar-refractivity contribution in [2.75, 3.05) is 57.6 Å². The highest BCUT2D eigenvalue weighted by Crippen LogP contribution is 2.12. The quantitative estimate of drug-likeness (QED) is 0.769. The molecule has 1 saturated heterocycles. The second kappa shape index (κ2) is 7.20. The van der Waals surface area contributed by atoms with E-state index in [1.54, 1.807) is 7.11 Å². The lowest BCUT2D eigenvalue weighted by molar-refractivity contribution is 0.178. The fraction of sp³-hybridized carbons (Fsp3) is 0.750. The van der Waals surface area contributed by atoms with Gasteiger partial charge in [-0.3, -0.25) is 5.43 Å². The van der Waals surface area contributed by atoms with E-state index in [0.717, 1.165) is 39.1 Å². The molecule has 1 aliphatic heterocycles. The smallest absolute Gasteiger partial charge is 0.322 e. The van der Waals surface area contributed by atoms with Gasteiger partial charge >= 0.3 is 6.01 Å². The highest BCUT2D eigenvalue weighted by atomic mass is 16.5. The summed E-state index contributed by atoms with van der Waals surface area (Å²) in [6, 6.07) is 0.315. The van der Waals surface area contributed by atoms with Crippen LogP contribution < -0.4 is 15.5 Å². The molecule has 1 aliphatic rings. The lowest BCUT2D eigenvalue weighted by Gasteiger charge is -2.32. The van der Waals surface area contributed by atoms with E-state index in [2.05, 4.69) is 49.6 Å². The molecule has 2 N–H and O–H groups in total. The van der Waals surface area contributed by atoms with Gasteiger partial charge in [0.15, 0.2) is 0 Å². The molecule has 112 valence electrons. The molecule has 2 heterocycles. The Morgan fingerprint density at radius 2 is 1.80 bits per heavy atom. The van der Waals surface area contributed by atoms with Crippen molar-refractivity contribution >= 4 is 11.9 Å². The molecule has 0 aromatic carbocycles. The van der Waals surface area contributed by atoms with Crippen LogP contribution >= 0.6 is 0 Å². The summed E-state index contributed by atoms with van der Waals surface area (Å²) in [5.74, 6) is 1.05. The van der Waals surface area contributed by atoms with Crippen LogP contribution in [0.2, 0.25) is 0 Å². The van der Waals surface area contributed by atoms with E-state index in [-0.39, 0.29) is 0 Å². The maximum atomic E-state index is 5.11. The zero-order valence-electron chi connectivity index (χ0n) is 12.4. The van der Waals surface area contributed by atoms with E-state index < -0.39 is 0 Å². The molecule has 0 amide bonds. The maximum Gasteiger partial charge on any atom is 0.322 e. The topological polar surface area (TPSA) is 78.4 Å². The number of ether oxygens (including phenoxy) is 1. The molecular weight excluding hydrogens is 258 g/mol. The van der Waals surface area contributed by atoms with Crippen molar-refractivity contribution in [1.29, 1.82) is 0 Å². The Labute approximate surface area is 119 Å². The summed E-state index contributed by atoms with van der Waals surface area (Å²) in [5, 5.41) is 5.25. The van der Waals surface area contributed by atoms with Crippen LogP contribution in [0.4, 0.5) is 11.9 Å². The number of piperazine rings is 1. The Bertz CT molecular complexity index is 420. The van der Waals surface area contributed by atoms with Crippen LogP contribution in [0.5, 0.6) is 6.01 Å². The molecule has 0 spiro atoms. The van der Waals surface area contributed by atoms with Crippen molar-refractivity contribution in [1.82, 2.24) is 24.9 Å². The third kappa shape index (κ3) is 4.17. The largest absolute Gasteiger partial charge is 0.467 e. The number of hydrogen-bond donors (Lipinski definition) is 2. The molecule has 8 nitrogen and oxygen atoms in total. The maximum absolute atomic E-state index is 5.11. The van der Waals surface area contributed by atoms with Crippen molar-refractivity contribution in [3.8, 4) is 6.01 Å². The second-order valence-electron chi connectivity index (χ2n) is 4.80. The molecule has 0 atom stereocenters. The van der Waals surface area contributed by atoms with Gasteiger partial charge in [-0.15, -0.1) is 0 Å². The van der Waals surface area contributed by atoms with Gasteiger partial charge in [-0.25, -0.2) is 5.01 Å². The zero-order valence-corrected chi connectivity index (χ0v) is 12.4. The monoisotopic (exact) mass is 281 g/mol. The number of anilines is 2. The number of nitrogens with one attached hydrogen (secondary N) is 2. The van der Waals surface area contributed by atoms with Crippen LogP contribution in [0.1, 0.15) is 13.3 Å². The minimum Gasteiger partial charge on any atom is -0.467 e. The average Bonchev–Trinajstić information content (AvgIpc) is 2.47. The van der Waals surface area contributed by atoms with E-state index in [4.69, 9.17) is 4.74 Å². The Morgan fingerprint density at radius 1 is 1.10 bits per heavy atom. The number of likely N-dealkylation sites (N-methyl/N-ethyl adjacent to an activating group) is 1. The van der Waals surface area contributed by atoms with Crippen molar-refractivity contribution in [3.63, 3.8) is 0 Å². The third-order valence-electron chi connectivity index (χ3n) is 3.09. The zero-order chi connectivity index (χ0) is 14.4. The number of methoxy groups -OCH3 is 1. The number of hydrazine groups is 1. The Morgan fingerprint density at radius 3 is 2.45 bits per heavy atom. The van der Waals surface area contributed by atoms with Gasteiger partial charge in [-0.05, 0) is 13.5 Å². The number of hydrogen-bond acceptors (Lipinski definition) is 8. The van der Waals surface area contributed by atoms with Crippen LogP contribution in [0.15, 0.2) is 0 Å². The average molecular weight is 281 g/mol. The van der Waals surface area contributed by atoms with Crippen LogP contribution in [-0.2, 0) is 0 Å². The molecule has 1 aromatic rings. The fourth-order valence-corrected chi connectivity index (χ4v) is 1.87. The van der Waals surface area contributed by atoms with Gasteiger partial charge in [-0.2, -0.15) is 15.0 Å². The predicted octanol–water partition coefficient (Wildman–Crippen LogP) is 0.276.